The molecule has 0 radical (unpaired) electrons. The fourth-order valence-electron chi connectivity index (χ4n) is 3.18. The van der Waals surface area contributed by atoms with Crippen LogP contribution in [-0.2, 0) is 0 Å². The summed E-state index contributed by atoms with van der Waals surface area (Å²) in [7, 11) is 0. The molecular weight excluding hydrogens is 244 g/mol. The molecule has 2 N–H and O–H groups in total. The summed E-state index contributed by atoms with van der Waals surface area (Å²) in [5.74, 6) is 0.758. The first-order valence-electron chi connectivity index (χ1n) is 6.76. The van der Waals surface area contributed by atoms with Crippen molar-refractivity contribution in [3.8, 4) is 0 Å². The number of nitrogens with two attached hydrogens (primary N) is 1. The first-order chi connectivity index (χ1) is 8.49. The fourth-order valence-corrected chi connectivity index (χ4v) is 3.30. The molecule has 4 unspecified atom stereocenters. The van der Waals surface area contributed by atoms with Crippen LogP contribution in [0, 0.1) is 5.92 Å². The molecule has 0 bridgehead atoms. The van der Waals surface area contributed by atoms with E-state index in [1.807, 2.05) is 12.1 Å². The van der Waals surface area contributed by atoms with Crippen molar-refractivity contribution in [1.82, 2.24) is 4.90 Å². The van der Waals surface area contributed by atoms with E-state index in [9.17, 15) is 0 Å². The van der Waals surface area contributed by atoms with Crippen LogP contribution in [0.1, 0.15) is 38.8 Å². The van der Waals surface area contributed by atoms with Crippen LogP contribution in [0.25, 0.3) is 0 Å². The minimum atomic E-state index is 0.124. The lowest BCUT2D eigenvalue weighted by Gasteiger charge is -2.34. The van der Waals surface area contributed by atoms with Crippen LogP contribution < -0.4 is 5.73 Å². The molecule has 0 amide bonds. The maximum atomic E-state index is 6.22. The lowest BCUT2D eigenvalue weighted by Crippen LogP contribution is -2.41. The predicted molar refractivity (Wildman–Crippen MR) is 77.8 cm³/mol. The minimum Gasteiger partial charge on any atom is -0.326 e. The highest BCUT2D eigenvalue weighted by atomic mass is 35.5. The van der Waals surface area contributed by atoms with Crippen LogP contribution in [0.2, 0.25) is 5.02 Å². The first kappa shape index (κ1) is 13.9. The van der Waals surface area contributed by atoms with Gasteiger partial charge in [0.1, 0.15) is 0 Å². The summed E-state index contributed by atoms with van der Waals surface area (Å²) in [6.45, 7) is 7.84. The van der Waals surface area contributed by atoms with Crippen LogP contribution in [0.3, 0.4) is 0 Å². The molecule has 3 heteroatoms. The summed E-state index contributed by atoms with van der Waals surface area (Å²) in [6, 6.07) is 9.14. The zero-order valence-corrected chi connectivity index (χ0v) is 12.2. The van der Waals surface area contributed by atoms with Crippen molar-refractivity contribution >= 4 is 11.6 Å². The number of likely N-dealkylation sites (tertiary alicyclic amines) is 1. The molecule has 0 aromatic heterocycles. The normalized spacial score (nSPS) is 28.3. The van der Waals surface area contributed by atoms with E-state index >= 15 is 0 Å². The third-order valence-corrected chi connectivity index (χ3v) is 4.15. The molecule has 2 rings (SSSR count). The number of rotatable bonds is 3. The minimum absolute atomic E-state index is 0.124. The van der Waals surface area contributed by atoms with Crippen LogP contribution in [0.5, 0.6) is 0 Å². The van der Waals surface area contributed by atoms with E-state index in [1.54, 1.807) is 0 Å². The zero-order valence-electron chi connectivity index (χ0n) is 11.4. The van der Waals surface area contributed by atoms with Crippen molar-refractivity contribution in [2.75, 3.05) is 6.54 Å². The Labute approximate surface area is 115 Å². The maximum Gasteiger partial charge on any atom is 0.0499 e. The molecule has 1 heterocycles. The van der Waals surface area contributed by atoms with Crippen LogP contribution in [0.15, 0.2) is 24.3 Å². The Morgan fingerprint density at radius 2 is 1.89 bits per heavy atom. The van der Waals surface area contributed by atoms with E-state index in [4.69, 9.17) is 17.3 Å². The second kappa shape index (κ2) is 5.60. The third-order valence-electron chi connectivity index (χ3n) is 3.90. The summed E-state index contributed by atoms with van der Waals surface area (Å²) in [5.41, 5.74) is 7.49. The van der Waals surface area contributed by atoms with Crippen LogP contribution in [-0.4, -0.2) is 23.5 Å². The zero-order chi connectivity index (χ0) is 13.3. The van der Waals surface area contributed by atoms with E-state index < -0.39 is 0 Å². The fraction of sp³-hybridized carbons (Fsp3) is 0.600. The van der Waals surface area contributed by atoms with Gasteiger partial charge in [-0.15, -0.1) is 0 Å². The molecule has 1 aliphatic rings. The molecule has 100 valence electrons. The monoisotopic (exact) mass is 266 g/mol. The number of halogens is 1. The van der Waals surface area contributed by atoms with E-state index in [-0.39, 0.29) is 6.04 Å². The summed E-state index contributed by atoms with van der Waals surface area (Å²) < 4.78 is 0. The van der Waals surface area contributed by atoms with E-state index in [0.717, 1.165) is 17.5 Å². The van der Waals surface area contributed by atoms with Gasteiger partial charge < -0.3 is 5.73 Å². The SMILES string of the molecule is CC1CC(C)N(C(c2ccc(Cl)cc2)C(C)N)C1. The van der Waals surface area contributed by atoms with Crippen molar-refractivity contribution in [3.63, 3.8) is 0 Å². The Bertz CT molecular complexity index is 388. The third kappa shape index (κ3) is 2.87. The molecule has 1 aliphatic heterocycles. The maximum absolute atomic E-state index is 6.22. The van der Waals surface area contributed by atoms with Gasteiger partial charge in [0.05, 0.1) is 0 Å². The predicted octanol–water partition coefficient (Wildman–Crippen LogP) is 3.46. The Morgan fingerprint density at radius 1 is 1.28 bits per heavy atom. The van der Waals surface area contributed by atoms with Gasteiger partial charge in [-0.3, -0.25) is 4.90 Å². The molecule has 0 saturated carbocycles. The van der Waals surface area contributed by atoms with Crippen LogP contribution >= 0.6 is 11.6 Å². The summed E-state index contributed by atoms with van der Waals surface area (Å²) >= 11 is 5.96. The standard InChI is InChI=1S/C15H23ClN2/c1-10-8-11(2)18(9-10)15(12(3)17)13-4-6-14(16)7-5-13/h4-7,10-12,15H,8-9,17H2,1-3H3. The second-order valence-corrected chi connectivity index (χ2v) is 6.18. The highest BCUT2D eigenvalue weighted by molar-refractivity contribution is 6.30. The van der Waals surface area contributed by atoms with E-state index in [0.29, 0.717) is 12.1 Å². The van der Waals surface area contributed by atoms with Crippen molar-refractivity contribution in [2.45, 2.75) is 45.3 Å². The van der Waals surface area contributed by atoms with Crippen molar-refractivity contribution in [1.29, 1.82) is 0 Å². The van der Waals surface area contributed by atoms with Gasteiger partial charge in [0, 0.05) is 29.7 Å². The molecule has 2 nitrogen and oxygen atoms in total. The number of hydrogen-bond donors (Lipinski definition) is 1. The Morgan fingerprint density at radius 3 is 2.33 bits per heavy atom. The van der Waals surface area contributed by atoms with Gasteiger partial charge in [0.2, 0.25) is 0 Å². The second-order valence-electron chi connectivity index (χ2n) is 5.74. The highest BCUT2D eigenvalue weighted by Crippen LogP contribution is 2.33. The smallest absolute Gasteiger partial charge is 0.0499 e. The molecule has 1 aromatic rings. The topological polar surface area (TPSA) is 29.3 Å². The van der Waals surface area contributed by atoms with Crippen LogP contribution in [0.4, 0.5) is 0 Å². The molecule has 0 aliphatic carbocycles. The quantitative estimate of drug-likeness (QED) is 0.908. The van der Waals surface area contributed by atoms with Gasteiger partial charge >= 0.3 is 0 Å². The summed E-state index contributed by atoms with van der Waals surface area (Å²) in [6.07, 6.45) is 1.26. The first-order valence-corrected chi connectivity index (χ1v) is 7.13. The number of nitrogens with zero attached hydrogens (tertiary/aromatic N) is 1. The molecule has 4 atom stereocenters. The Kier molecular flexibility index (Phi) is 4.31. The molecule has 0 spiro atoms. The van der Waals surface area contributed by atoms with Gasteiger partial charge in [0.25, 0.3) is 0 Å². The largest absolute Gasteiger partial charge is 0.326 e. The Hall–Kier alpha value is -0.570. The van der Waals surface area contributed by atoms with Gasteiger partial charge in [0.15, 0.2) is 0 Å². The van der Waals surface area contributed by atoms with Crippen molar-refractivity contribution in [3.05, 3.63) is 34.9 Å². The highest BCUT2D eigenvalue weighted by Gasteiger charge is 2.34. The summed E-state index contributed by atoms with van der Waals surface area (Å²) in [4.78, 5) is 2.54. The average Bonchev–Trinajstić information content (AvgIpc) is 2.61. The molecule has 1 fully saturated rings. The van der Waals surface area contributed by atoms with Gasteiger partial charge in [-0.2, -0.15) is 0 Å². The Balaban J connectivity index is 2.26. The van der Waals surface area contributed by atoms with E-state index in [1.165, 1.54) is 12.0 Å². The molecule has 18 heavy (non-hydrogen) atoms. The van der Waals surface area contributed by atoms with Gasteiger partial charge in [-0.1, -0.05) is 30.7 Å². The van der Waals surface area contributed by atoms with Crippen molar-refractivity contribution in [2.24, 2.45) is 11.7 Å². The molecular formula is C15H23ClN2. The molecule has 1 aromatic carbocycles. The lowest BCUT2D eigenvalue weighted by molar-refractivity contribution is 0.167. The van der Waals surface area contributed by atoms with Crippen molar-refractivity contribution < 1.29 is 0 Å². The van der Waals surface area contributed by atoms with Gasteiger partial charge in [-0.25, -0.2) is 0 Å². The number of benzene rings is 1. The average molecular weight is 267 g/mol. The number of hydrogen-bond acceptors (Lipinski definition) is 2. The lowest BCUT2D eigenvalue weighted by atomic mass is 9.98. The summed E-state index contributed by atoms with van der Waals surface area (Å²) in [5, 5.41) is 0.782. The van der Waals surface area contributed by atoms with Gasteiger partial charge in [-0.05, 0) is 43.9 Å². The van der Waals surface area contributed by atoms with E-state index in [2.05, 4.69) is 37.8 Å². The molecule has 1 saturated heterocycles.